The minimum absolute atomic E-state index is 0.0000635. The summed E-state index contributed by atoms with van der Waals surface area (Å²) < 4.78 is 5.48. The number of carboxylic acids is 1. The summed E-state index contributed by atoms with van der Waals surface area (Å²) in [4.78, 5) is 39.6. The Kier molecular flexibility index (Phi) is 7.22. The van der Waals surface area contributed by atoms with Crippen molar-refractivity contribution in [1.82, 2.24) is 15.6 Å². The number of hydrogen-bond donors (Lipinski definition) is 3. The first kappa shape index (κ1) is 23.4. The Balaban J connectivity index is 1.17. The van der Waals surface area contributed by atoms with Gasteiger partial charge in [-0.3, -0.25) is 4.79 Å². The number of nitrogens with one attached hydrogen (secondary N) is 2. The molecule has 0 saturated carbocycles. The summed E-state index contributed by atoms with van der Waals surface area (Å²) in [6.45, 7) is 2.35. The number of rotatable bonds is 9. The molecule has 2 amide bonds. The van der Waals surface area contributed by atoms with Gasteiger partial charge in [0, 0.05) is 18.9 Å². The minimum Gasteiger partial charge on any atom is -0.477 e. The second kappa shape index (κ2) is 10.5. The number of hydrogen-bond acceptors (Lipinski definition) is 6. The summed E-state index contributed by atoms with van der Waals surface area (Å²) in [5.41, 5.74) is 5.09. The second-order valence-electron chi connectivity index (χ2n) is 7.96. The van der Waals surface area contributed by atoms with Gasteiger partial charge in [-0.05, 0) is 35.6 Å². The summed E-state index contributed by atoms with van der Waals surface area (Å²) in [5, 5.41) is 15.0. The molecule has 2 aromatic carbocycles. The average Bonchev–Trinajstić information content (AvgIpc) is 3.37. The molecule has 3 N–H and O–H groups in total. The number of carbonyl (C=O) groups is 3. The van der Waals surface area contributed by atoms with E-state index >= 15 is 0 Å². The molecule has 0 saturated heterocycles. The van der Waals surface area contributed by atoms with E-state index in [4.69, 9.17) is 9.84 Å². The van der Waals surface area contributed by atoms with E-state index in [9.17, 15) is 14.4 Å². The number of benzene rings is 2. The average molecular weight is 480 g/mol. The second-order valence-corrected chi connectivity index (χ2v) is 9.04. The third kappa shape index (κ3) is 5.26. The Labute approximate surface area is 201 Å². The van der Waals surface area contributed by atoms with Gasteiger partial charge in [-0.2, -0.15) is 0 Å². The van der Waals surface area contributed by atoms with Gasteiger partial charge in [0.05, 0.1) is 12.2 Å². The Bertz CT molecular complexity index is 1180. The van der Waals surface area contributed by atoms with Crippen LogP contribution in [0.25, 0.3) is 11.1 Å². The molecule has 34 heavy (non-hydrogen) atoms. The minimum atomic E-state index is -1.02. The number of fused-ring (bicyclic) bond motifs is 3. The molecule has 0 fully saturated rings. The normalized spacial score (nSPS) is 12.0. The largest absolute Gasteiger partial charge is 0.477 e. The number of aromatic nitrogens is 1. The van der Waals surface area contributed by atoms with Crippen LogP contribution in [-0.4, -0.2) is 41.2 Å². The predicted octanol–water partition coefficient (Wildman–Crippen LogP) is 4.08. The first-order chi connectivity index (χ1) is 16.4. The van der Waals surface area contributed by atoms with Gasteiger partial charge in [-0.1, -0.05) is 48.5 Å². The van der Waals surface area contributed by atoms with Gasteiger partial charge in [-0.15, -0.1) is 11.3 Å². The molecule has 8 nitrogen and oxygen atoms in total. The van der Waals surface area contributed by atoms with Crippen molar-refractivity contribution in [2.75, 3.05) is 13.2 Å². The van der Waals surface area contributed by atoms with Crippen molar-refractivity contribution < 1.29 is 24.2 Å². The molecule has 0 aliphatic heterocycles. The molecule has 0 radical (unpaired) electrons. The molecule has 0 unspecified atom stereocenters. The van der Waals surface area contributed by atoms with E-state index in [1.807, 2.05) is 24.3 Å². The molecular formula is C25H25N3O5S. The van der Waals surface area contributed by atoms with Crippen LogP contribution in [0.5, 0.6) is 0 Å². The van der Waals surface area contributed by atoms with Crippen LogP contribution in [0, 0.1) is 6.92 Å². The van der Waals surface area contributed by atoms with Crippen LogP contribution in [0.1, 0.15) is 50.3 Å². The van der Waals surface area contributed by atoms with Crippen LogP contribution < -0.4 is 10.6 Å². The molecule has 0 spiro atoms. The zero-order chi connectivity index (χ0) is 24.1. The van der Waals surface area contributed by atoms with Crippen LogP contribution in [0.15, 0.2) is 48.5 Å². The van der Waals surface area contributed by atoms with Crippen LogP contribution in [-0.2, 0) is 16.1 Å². The van der Waals surface area contributed by atoms with E-state index in [-0.39, 0.29) is 36.3 Å². The SMILES string of the molecule is Cc1nc(CNC(=O)CCCNC(=O)OCC2c3ccccc3-c3ccccc32)sc1C(=O)O. The molecule has 1 aliphatic carbocycles. The molecule has 3 aromatic rings. The van der Waals surface area contributed by atoms with Crippen molar-refractivity contribution in [3.8, 4) is 11.1 Å². The van der Waals surface area contributed by atoms with E-state index < -0.39 is 12.1 Å². The number of aromatic carboxylic acids is 1. The lowest BCUT2D eigenvalue weighted by atomic mass is 9.98. The number of carbonyl (C=O) groups excluding carboxylic acids is 2. The number of amides is 2. The predicted molar refractivity (Wildman–Crippen MR) is 128 cm³/mol. The summed E-state index contributed by atoms with van der Waals surface area (Å²) in [6.07, 6.45) is 0.161. The van der Waals surface area contributed by atoms with E-state index in [0.717, 1.165) is 22.5 Å². The van der Waals surface area contributed by atoms with E-state index in [1.54, 1.807) is 6.92 Å². The van der Waals surface area contributed by atoms with Crippen molar-refractivity contribution in [3.05, 3.63) is 75.2 Å². The van der Waals surface area contributed by atoms with E-state index in [1.165, 1.54) is 11.1 Å². The van der Waals surface area contributed by atoms with E-state index in [0.29, 0.717) is 23.7 Å². The number of thiazole rings is 1. The van der Waals surface area contributed by atoms with Crippen LogP contribution in [0.2, 0.25) is 0 Å². The maximum atomic E-state index is 12.2. The number of nitrogens with zero attached hydrogens (tertiary/aromatic N) is 1. The van der Waals surface area contributed by atoms with Crippen molar-refractivity contribution in [3.63, 3.8) is 0 Å². The van der Waals surface area contributed by atoms with Gasteiger partial charge in [0.25, 0.3) is 0 Å². The zero-order valence-electron chi connectivity index (χ0n) is 18.7. The molecule has 176 valence electrons. The summed E-state index contributed by atoms with van der Waals surface area (Å²) in [6, 6.07) is 16.3. The fourth-order valence-electron chi connectivity index (χ4n) is 4.08. The van der Waals surface area contributed by atoms with Crippen molar-refractivity contribution in [2.24, 2.45) is 0 Å². The zero-order valence-corrected chi connectivity index (χ0v) is 19.5. The van der Waals surface area contributed by atoms with Gasteiger partial charge < -0.3 is 20.5 Å². The first-order valence-electron chi connectivity index (χ1n) is 11.0. The monoisotopic (exact) mass is 479 g/mol. The lowest BCUT2D eigenvalue weighted by Crippen LogP contribution is -2.28. The molecule has 1 heterocycles. The Morgan fingerprint density at radius 1 is 1.03 bits per heavy atom. The summed E-state index contributed by atoms with van der Waals surface area (Å²) >= 11 is 1.05. The quantitative estimate of drug-likeness (QED) is 0.398. The van der Waals surface area contributed by atoms with Gasteiger partial charge in [0.2, 0.25) is 5.91 Å². The van der Waals surface area contributed by atoms with Crippen LogP contribution in [0.4, 0.5) is 4.79 Å². The molecule has 4 rings (SSSR count). The molecule has 0 bridgehead atoms. The van der Waals surface area contributed by atoms with E-state index in [2.05, 4.69) is 39.9 Å². The first-order valence-corrected chi connectivity index (χ1v) is 11.8. The highest BCUT2D eigenvalue weighted by molar-refractivity contribution is 7.13. The standard InChI is InChI=1S/C25H25N3O5S/c1-15-23(24(30)31)34-22(28-15)13-27-21(29)11-6-12-26-25(32)33-14-20-18-9-4-2-7-16(18)17-8-3-5-10-19(17)20/h2-5,7-10,20H,6,11-14H2,1H3,(H,26,32)(H,27,29)(H,30,31). The number of alkyl carbamates (subject to hydrolysis) is 1. The maximum Gasteiger partial charge on any atom is 0.407 e. The summed E-state index contributed by atoms with van der Waals surface area (Å²) in [5.74, 6) is -1.22. The van der Waals surface area contributed by atoms with Crippen molar-refractivity contribution >= 4 is 29.3 Å². The Hall–Kier alpha value is -3.72. The van der Waals surface area contributed by atoms with Gasteiger partial charge in [-0.25, -0.2) is 14.6 Å². The highest BCUT2D eigenvalue weighted by Crippen LogP contribution is 2.44. The number of ether oxygens (including phenoxy) is 1. The molecule has 1 aliphatic rings. The highest BCUT2D eigenvalue weighted by atomic mass is 32.1. The number of carboxylic acid groups (broad SMARTS) is 1. The van der Waals surface area contributed by atoms with Crippen molar-refractivity contribution in [1.29, 1.82) is 0 Å². The molecule has 0 atom stereocenters. The molecular weight excluding hydrogens is 454 g/mol. The van der Waals surface area contributed by atoms with Gasteiger partial charge in [0.1, 0.15) is 16.5 Å². The lowest BCUT2D eigenvalue weighted by molar-refractivity contribution is -0.121. The lowest BCUT2D eigenvalue weighted by Gasteiger charge is -2.14. The third-order valence-electron chi connectivity index (χ3n) is 5.67. The third-order valence-corrected chi connectivity index (χ3v) is 6.81. The number of aryl methyl sites for hydroxylation is 1. The fourth-order valence-corrected chi connectivity index (χ4v) is 4.92. The maximum absolute atomic E-state index is 12.2. The van der Waals surface area contributed by atoms with Crippen LogP contribution >= 0.6 is 11.3 Å². The Morgan fingerprint density at radius 3 is 2.29 bits per heavy atom. The van der Waals surface area contributed by atoms with Crippen LogP contribution in [0.3, 0.4) is 0 Å². The van der Waals surface area contributed by atoms with Gasteiger partial charge in [0.15, 0.2) is 0 Å². The smallest absolute Gasteiger partial charge is 0.407 e. The van der Waals surface area contributed by atoms with Gasteiger partial charge >= 0.3 is 12.1 Å². The molecule has 9 heteroatoms. The summed E-state index contributed by atoms with van der Waals surface area (Å²) in [7, 11) is 0. The topological polar surface area (TPSA) is 118 Å². The fraction of sp³-hybridized carbons (Fsp3) is 0.280. The Morgan fingerprint density at radius 2 is 1.68 bits per heavy atom. The molecule has 1 aromatic heterocycles. The van der Waals surface area contributed by atoms with Crippen molar-refractivity contribution in [2.45, 2.75) is 32.2 Å². The highest BCUT2D eigenvalue weighted by Gasteiger charge is 2.28.